The number of anilines is 1. The van der Waals surface area contributed by atoms with Gasteiger partial charge in [0.15, 0.2) is 0 Å². The molecule has 20 heavy (non-hydrogen) atoms. The largest absolute Gasteiger partial charge is 0.496 e. The number of benzene rings is 2. The summed E-state index contributed by atoms with van der Waals surface area (Å²) in [7, 11) is 3.61. The topological polar surface area (TPSA) is 34.1 Å². The predicted octanol–water partition coefficient (Wildman–Crippen LogP) is 3.95. The SMILES string of the molecule is CNc1cccc(-c2ccc(OC)c3ccncc23)c1. The first-order valence-electron chi connectivity index (χ1n) is 6.52. The Morgan fingerprint density at radius 1 is 1.05 bits per heavy atom. The van der Waals surface area contributed by atoms with E-state index in [1.807, 2.05) is 37.5 Å². The number of fused-ring (bicyclic) bond motifs is 1. The van der Waals surface area contributed by atoms with Crippen LogP contribution in [0.5, 0.6) is 5.75 Å². The van der Waals surface area contributed by atoms with E-state index in [4.69, 9.17) is 4.74 Å². The zero-order valence-electron chi connectivity index (χ0n) is 11.6. The van der Waals surface area contributed by atoms with Crippen molar-refractivity contribution in [2.75, 3.05) is 19.5 Å². The number of hydrogen-bond donors (Lipinski definition) is 1. The molecule has 2 aromatic carbocycles. The lowest BCUT2D eigenvalue weighted by molar-refractivity contribution is 0.420. The van der Waals surface area contributed by atoms with Gasteiger partial charge in [-0.05, 0) is 41.5 Å². The van der Waals surface area contributed by atoms with Crippen molar-refractivity contribution in [3.63, 3.8) is 0 Å². The molecule has 0 aliphatic heterocycles. The van der Waals surface area contributed by atoms with E-state index in [9.17, 15) is 0 Å². The minimum absolute atomic E-state index is 0.871. The maximum atomic E-state index is 5.42. The number of aromatic nitrogens is 1. The van der Waals surface area contributed by atoms with Gasteiger partial charge in [0.25, 0.3) is 0 Å². The predicted molar refractivity (Wildman–Crippen MR) is 83.3 cm³/mol. The number of hydrogen-bond acceptors (Lipinski definition) is 3. The van der Waals surface area contributed by atoms with E-state index in [0.29, 0.717) is 0 Å². The fourth-order valence-electron chi connectivity index (χ4n) is 2.43. The summed E-state index contributed by atoms with van der Waals surface area (Å²) >= 11 is 0. The molecule has 1 heterocycles. The van der Waals surface area contributed by atoms with Crippen molar-refractivity contribution in [3.05, 3.63) is 54.9 Å². The van der Waals surface area contributed by atoms with Gasteiger partial charge in [-0.1, -0.05) is 12.1 Å². The first kappa shape index (κ1) is 12.5. The normalized spacial score (nSPS) is 10.5. The van der Waals surface area contributed by atoms with Gasteiger partial charge in [-0.2, -0.15) is 0 Å². The van der Waals surface area contributed by atoms with E-state index in [1.54, 1.807) is 13.3 Å². The fraction of sp³-hybridized carbons (Fsp3) is 0.118. The van der Waals surface area contributed by atoms with Crippen molar-refractivity contribution in [1.82, 2.24) is 4.98 Å². The molecule has 1 aromatic heterocycles. The zero-order chi connectivity index (χ0) is 13.9. The molecule has 0 atom stereocenters. The van der Waals surface area contributed by atoms with Crippen LogP contribution in [0.2, 0.25) is 0 Å². The van der Waals surface area contributed by atoms with Crippen LogP contribution in [0, 0.1) is 0 Å². The second kappa shape index (κ2) is 5.21. The van der Waals surface area contributed by atoms with Crippen molar-refractivity contribution in [2.24, 2.45) is 0 Å². The zero-order valence-corrected chi connectivity index (χ0v) is 11.6. The quantitative estimate of drug-likeness (QED) is 0.777. The monoisotopic (exact) mass is 264 g/mol. The summed E-state index contributed by atoms with van der Waals surface area (Å²) < 4.78 is 5.42. The average molecular weight is 264 g/mol. The number of nitrogens with one attached hydrogen (secondary N) is 1. The van der Waals surface area contributed by atoms with Crippen LogP contribution in [0.1, 0.15) is 0 Å². The Kier molecular flexibility index (Phi) is 3.25. The van der Waals surface area contributed by atoms with E-state index >= 15 is 0 Å². The molecule has 0 radical (unpaired) electrons. The van der Waals surface area contributed by atoms with Crippen LogP contribution < -0.4 is 10.1 Å². The third kappa shape index (κ3) is 2.07. The Morgan fingerprint density at radius 3 is 2.75 bits per heavy atom. The van der Waals surface area contributed by atoms with Crippen molar-refractivity contribution in [2.45, 2.75) is 0 Å². The molecule has 0 fully saturated rings. The summed E-state index contributed by atoms with van der Waals surface area (Å²) in [6.07, 6.45) is 3.68. The maximum Gasteiger partial charge on any atom is 0.126 e. The van der Waals surface area contributed by atoms with Crippen LogP contribution in [-0.2, 0) is 0 Å². The third-order valence-electron chi connectivity index (χ3n) is 3.46. The number of pyridine rings is 1. The smallest absolute Gasteiger partial charge is 0.126 e. The number of nitrogens with zero attached hydrogens (tertiary/aromatic N) is 1. The molecule has 3 rings (SSSR count). The molecule has 3 nitrogen and oxygen atoms in total. The lowest BCUT2D eigenvalue weighted by Crippen LogP contribution is -1.90. The number of ether oxygens (including phenoxy) is 1. The molecule has 3 aromatic rings. The standard InChI is InChI=1S/C17H16N2O/c1-18-13-5-3-4-12(10-13)14-6-7-17(20-2)15-8-9-19-11-16(14)15/h3-11,18H,1-2H3. The van der Waals surface area contributed by atoms with Crippen LogP contribution in [0.4, 0.5) is 5.69 Å². The average Bonchev–Trinajstić information content (AvgIpc) is 2.54. The minimum Gasteiger partial charge on any atom is -0.496 e. The molecule has 0 unspecified atom stereocenters. The van der Waals surface area contributed by atoms with Gasteiger partial charge in [-0.15, -0.1) is 0 Å². The van der Waals surface area contributed by atoms with Gasteiger partial charge >= 0.3 is 0 Å². The molecule has 100 valence electrons. The summed E-state index contributed by atoms with van der Waals surface area (Å²) in [5, 5.41) is 5.34. The Balaban J connectivity index is 2.26. The lowest BCUT2D eigenvalue weighted by atomic mass is 9.99. The molecule has 0 saturated heterocycles. The molecule has 1 N–H and O–H groups in total. The van der Waals surface area contributed by atoms with Crippen LogP contribution in [-0.4, -0.2) is 19.1 Å². The van der Waals surface area contributed by atoms with Crippen molar-refractivity contribution in [3.8, 4) is 16.9 Å². The molecule has 0 spiro atoms. The maximum absolute atomic E-state index is 5.42. The van der Waals surface area contributed by atoms with E-state index in [0.717, 1.165) is 33.3 Å². The summed E-state index contributed by atoms with van der Waals surface area (Å²) in [5.74, 6) is 0.871. The van der Waals surface area contributed by atoms with Crippen molar-refractivity contribution in [1.29, 1.82) is 0 Å². The van der Waals surface area contributed by atoms with E-state index in [-0.39, 0.29) is 0 Å². The van der Waals surface area contributed by atoms with Gasteiger partial charge in [0, 0.05) is 35.9 Å². The van der Waals surface area contributed by atoms with Gasteiger partial charge in [0.2, 0.25) is 0 Å². The molecule has 0 amide bonds. The summed E-state index contributed by atoms with van der Waals surface area (Å²) in [4.78, 5) is 4.25. The van der Waals surface area contributed by atoms with Crippen LogP contribution >= 0.6 is 0 Å². The summed E-state index contributed by atoms with van der Waals surface area (Å²) in [5.41, 5.74) is 3.42. The number of methoxy groups -OCH3 is 1. The van der Waals surface area contributed by atoms with Gasteiger partial charge in [-0.3, -0.25) is 4.98 Å². The number of rotatable bonds is 3. The third-order valence-corrected chi connectivity index (χ3v) is 3.46. The molecule has 0 aliphatic rings. The Labute approximate surface area is 118 Å². The summed E-state index contributed by atoms with van der Waals surface area (Å²) in [6, 6.07) is 14.4. The first-order valence-corrected chi connectivity index (χ1v) is 6.52. The molecule has 0 aliphatic carbocycles. The van der Waals surface area contributed by atoms with Crippen LogP contribution in [0.15, 0.2) is 54.9 Å². The second-order valence-corrected chi connectivity index (χ2v) is 4.57. The van der Waals surface area contributed by atoms with Crippen molar-refractivity contribution >= 4 is 16.5 Å². The molecular weight excluding hydrogens is 248 g/mol. The van der Waals surface area contributed by atoms with Gasteiger partial charge in [0.05, 0.1) is 7.11 Å². The fourth-order valence-corrected chi connectivity index (χ4v) is 2.43. The van der Waals surface area contributed by atoms with Crippen LogP contribution in [0.3, 0.4) is 0 Å². The van der Waals surface area contributed by atoms with Crippen LogP contribution in [0.25, 0.3) is 21.9 Å². The Morgan fingerprint density at radius 2 is 1.95 bits per heavy atom. The van der Waals surface area contributed by atoms with Gasteiger partial charge in [0.1, 0.15) is 5.75 Å². The molecule has 0 bridgehead atoms. The van der Waals surface area contributed by atoms with Gasteiger partial charge < -0.3 is 10.1 Å². The molecule has 0 saturated carbocycles. The summed E-state index contributed by atoms with van der Waals surface area (Å²) in [6.45, 7) is 0. The second-order valence-electron chi connectivity index (χ2n) is 4.57. The Hall–Kier alpha value is -2.55. The highest BCUT2D eigenvalue weighted by Crippen LogP contribution is 2.34. The Bertz CT molecular complexity index is 753. The minimum atomic E-state index is 0.871. The highest BCUT2D eigenvalue weighted by molar-refractivity contribution is 5.99. The molecule has 3 heteroatoms. The van der Waals surface area contributed by atoms with E-state index in [2.05, 4.69) is 28.5 Å². The first-order chi connectivity index (χ1) is 9.83. The van der Waals surface area contributed by atoms with E-state index in [1.165, 1.54) is 0 Å². The van der Waals surface area contributed by atoms with Crippen molar-refractivity contribution < 1.29 is 4.74 Å². The lowest BCUT2D eigenvalue weighted by Gasteiger charge is -2.11. The highest BCUT2D eigenvalue weighted by atomic mass is 16.5. The highest BCUT2D eigenvalue weighted by Gasteiger charge is 2.08. The van der Waals surface area contributed by atoms with Gasteiger partial charge in [-0.25, -0.2) is 0 Å². The van der Waals surface area contributed by atoms with E-state index < -0.39 is 0 Å². The molecular formula is C17H16N2O.